The average molecular weight is 522 g/mol. The van der Waals surface area contributed by atoms with Crippen molar-refractivity contribution < 1.29 is 9.32 Å². The molecule has 0 saturated carbocycles. The van der Waals surface area contributed by atoms with Crippen molar-refractivity contribution in [2.45, 2.75) is 58.2 Å². The highest BCUT2D eigenvalue weighted by molar-refractivity contribution is 6.30. The summed E-state index contributed by atoms with van der Waals surface area (Å²) in [6.07, 6.45) is 7.20. The van der Waals surface area contributed by atoms with Gasteiger partial charge in [0.05, 0.1) is 12.5 Å². The number of halogens is 1. The first kappa shape index (κ1) is 25.9. The molecule has 1 N–H and O–H groups in total. The molecule has 0 bridgehead atoms. The van der Waals surface area contributed by atoms with E-state index in [0.29, 0.717) is 36.4 Å². The third kappa shape index (κ3) is 7.40. The van der Waals surface area contributed by atoms with Gasteiger partial charge in [-0.15, -0.1) is 0 Å². The Labute approximate surface area is 224 Å². The molecule has 1 unspecified atom stereocenters. The number of carbonyl (C=O) groups is 1. The van der Waals surface area contributed by atoms with E-state index in [9.17, 15) is 4.79 Å². The van der Waals surface area contributed by atoms with Crippen LogP contribution in [0.15, 0.2) is 53.1 Å². The zero-order chi connectivity index (χ0) is 25.5. The number of hydrogen-bond donors (Lipinski definition) is 1. The molecule has 0 aliphatic carbocycles. The average Bonchev–Trinajstić information content (AvgIpc) is 3.23. The van der Waals surface area contributed by atoms with Gasteiger partial charge in [-0.05, 0) is 68.6 Å². The van der Waals surface area contributed by atoms with E-state index in [1.807, 2.05) is 24.3 Å². The third-order valence-electron chi connectivity index (χ3n) is 7.38. The molecule has 1 aromatic heterocycles. The fraction of sp³-hybridized carbons (Fsp3) is 0.483. The molecule has 2 aliphatic rings. The van der Waals surface area contributed by atoms with Gasteiger partial charge in [0.15, 0.2) is 0 Å². The normalized spacial score (nSPS) is 19.4. The summed E-state index contributed by atoms with van der Waals surface area (Å²) in [5.74, 6) is 1.16. The molecule has 2 aliphatic heterocycles. The predicted molar refractivity (Wildman–Crippen MR) is 145 cm³/mol. The molecule has 2 aromatic carbocycles. The second kappa shape index (κ2) is 12.7. The Morgan fingerprint density at radius 3 is 2.49 bits per heavy atom. The Bertz CT molecular complexity index is 1160. The quantitative estimate of drug-likeness (QED) is 0.434. The van der Waals surface area contributed by atoms with Gasteiger partial charge in [-0.25, -0.2) is 0 Å². The molecule has 7 nitrogen and oxygen atoms in total. The fourth-order valence-corrected chi connectivity index (χ4v) is 5.51. The van der Waals surface area contributed by atoms with Crippen molar-refractivity contribution in [3.8, 4) is 11.4 Å². The van der Waals surface area contributed by atoms with Gasteiger partial charge in [0.1, 0.15) is 0 Å². The Balaban J connectivity index is 1.08. The molecule has 3 aromatic rings. The van der Waals surface area contributed by atoms with Gasteiger partial charge in [0, 0.05) is 30.2 Å². The monoisotopic (exact) mass is 521 g/mol. The summed E-state index contributed by atoms with van der Waals surface area (Å²) in [5.41, 5.74) is 3.31. The number of rotatable bonds is 8. The maximum atomic E-state index is 12.9. The smallest absolute Gasteiger partial charge is 0.241 e. The van der Waals surface area contributed by atoms with Crippen LogP contribution in [-0.4, -0.2) is 52.0 Å². The lowest BCUT2D eigenvalue weighted by molar-refractivity contribution is -0.127. The summed E-state index contributed by atoms with van der Waals surface area (Å²) in [5, 5.41) is 7.89. The van der Waals surface area contributed by atoms with E-state index in [2.05, 4.69) is 49.5 Å². The zero-order valence-corrected chi connectivity index (χ0v) is 22.1. The SMILES string of the molecule is O=C(NCc1ccc(CN2CCCCCC2)cc1)C1CCCN(Cc2nc(-c3cccc(Cl)c3)no2)C1. The number of nitrogens with zero attached hydrogens (tertiary/aromatic N) is 4. The summed E-state index contributed by atoms with van der Waals surface area (Å²) >= 11 is 6.08. The highest BCUT2D eigenvalue weighted by Gasteiger charge is 2.27. The molecule has 196 valence electrons. The standard InChI is InChI=1S/C29H36ClN5O2/c30-26-9-5-7-24(17-26)28-32-27(37-33-28)21-35-16-6-8-25(20-35)29(36)31-18-22-10-12-23(13-11-22)19-34-14-3-1-2-4-15-34/h5,7,9-13,17,25H,1-4,6,8,14-16,18-21H2,(H,31,36). The number of likely N-dealkylation sites (tertiary alicyclic amines) is 2. The van der Waals surface area contributed by atoms with Gasteiger partial charge < -0.3 is 9.84 Å². The number of nitrogens with one attached hydrogen (secondary N) is 1. The van der Waals surface area contributed by atoms with E-state index in [4.69, 9.17) is 16.1 Å². The summed E-state index contributed by atoms with van der Waals surface area (Å²) in [6.45, 7) is 6.12. The summed E-state index contributed by atoms with van der Waals surface area (Å²) < 4.78 is 5.48. The number of benzene rings is 2. The lowest BCUT2D eigenvalue weighted by Gasteiger charge is -2.30. The van der Waals surface area contributed by atoms with Crippen LogP contribution in [0.1, 0.15) is 55.5 Å². The number of piperidine rings is 1. The topological polar surface area (TPSA) is 74.5 Å². The van der Waals surface area contributed by atoms with E-state index < -0.39 is 0 Å². The van der Waals surface area contributed by atoms with Crippen LogP contribution in [0.4, 0.5) is 0 Å². The second-order valence-corrected chi connectivity index (χ2v) is 10.8. The summed E-state index contributed by atoms with van der Waals surface area (Å²) in [7, 11) is 0. The van der Waals surface area contributed by atoms with Gasteiger partial charge in [-0.3, -0.25) is 14.6 Å². The number of carbonyl (C=O) groups excluding carboxylic acids is 1. The van der Waals surface area contributed by atoms with Crippen LogP contribution in [0.5, 0.6) is 0 Å². The Kier molecular flexibility index (Phi) is 8.87. The molecule has 8 heteroatoms. The van der Waals surface area contributed by atoms with Gasteiger partial charge >= 0.3 is 0 Å². The van der Waals surface area contributed by atoms with E-state index >= 15 is 0 Å². The fourth-order valence-electron chi connectivity index (χ4n) is 5.32. The lowest BCUT2D eigenvalue weighted by atomic mass is 9.97. The molecule has 37 heavy (non-hydrogen) atoms. The van der Waals surface area contributed by atoms with Crippen LogP contribution in [0.3, 0.4) is 0 Å². The molecule has 5 rings (SSSR count). The molecule has 1 atom stereocenters. The van der Waals surface area contributed by atoms with Crippen molar-refractivity contribution in [3.63, 3.8) is 0 Å². The summed E-state index contributed by atoms with van der Waals surface area (Å²) in [4.78, 5) is 22.3. The van der Waals surface area contributed by atoms with Crippen LogP contribution in [0.25, 0.3) is 11.4 Å². The van der Waals surface area contributed by atoms with E-state index in [0.717, 1.165) is 37.1 Å². The van der Waals surface area contributed by atoms with Crippen molar-refractivity contribution in [1.29, 1.82) is 0 Å². The minimum absolute atomic E-state index is 0.0358. The predicted octanol–water partition coefficient (Wildman–Crippen LogP) is 5.29. The number of hydrogen-bond acceptors (Lipinski definition) is 6. The largest absolute Gasteiger partial charge is 0.352 e. The van der Waals surface area contributed by atoms with Crippen molar-refractivity contribution in [2.75, 3.05) is 26.2 Å². The molecule has 2 fully saturated rings. The minimum Gasteiger partial charge on any atom is -0.352 e. The molecule has 0 radical (unpaired) electrons. The first-order valence-corrected chi connectivity index (χ1v) is 13.9. The Morgan fingerprint density at radius 2 is 1.70 bits per heavy atom. The number of amides is 1. The summed E-state index contributed by atoms with van der Waals surface area (Å²) in [6, 6.07) is 16.1. The lowest BCUT2D eigenvalue weighted by Crippen LogP contribution is -2.42. The second-order valence-electron chi connectivity index (χ2n) is 10.3. The zero-order valence-electron chi connectivity index (χ0n) is 21.4. The molecule has 3 heterocycles. The van der Waals surface area contributed by atoms with E-state index in [1.54, 1.807) is 0 Å². The van der Waals surface area contributed by atoms with Crippen molar-refractivity contribution in [3.05, 3.63) is 70.6 Å². The molecule has 2 saturated heterocycles. The molecular weight excluding hydrogens is 486 g/mol. The van der Waals surface area contributed by atoms with Crippen molar-refractivity contribution in [2.24, 2.45) is 5.92 Å². The van der Waals surface area contributed by atoms with Crippen LogP contribution >= 0.6 is 11.6 Å². The van der Waals surface area contributed by atoms with E-state index in [-0.39, 0.29) is 11.8 Å². The first-order valence-electron chi connectivity index (χ1n) is 13.5. The van der Waals surface area contributed by atoms with Crippen molar-refractivity contribution >= 4 is 17.5 Å². The minimum atomic E-state index is -0.0358. The van der Waals surface area contributed by atoms with Crippen LogP contribution in [-0.2, 0) is 24.4 Å². The molecule has 1 amide bonds. The highest BCUT2D eigenvalue weighted by Crippen LogP contribution is 2.22. The highest BCUT2D eigenvalue weighted by atomic mass is 35.5. The van der Waals surface area contributed by atoms with Gasteiger partial charge in [-0.2, -0.15) is 4.98 Å². The Morgan fingerprint density at radius 1 is 0.946 bits per heavy atom. The van der Waals surface area contributed by atoms with Crippen LogP contribution in [0.2, 0.25) is 5.02 Å². The first-order chi connectivity index (χ1) is 18.1. The molecular formula is C29H36ClN5O2. The van der Waals surface area contributed by atoms with Crippen LogP contribution in [0, 0.1) is 5.92 Å². The molecule has 0 spiro atoms. The third-order valence-corrected chi connectivity index (χ3v) is 7.62. The maximum Gasteiger partial charge on any atom is 0.241 e. The van der Waals surface area contributed by atoms with Crippen LogP contribution < -0.4 is 5.32 Å². The van der Waals surface area contributed by atoms with Gasteiger partial charge in [0.2, 0.25) is 17.6 Å². The Hall–Kier alpha value is -2.74. The van der Waals surface area contributed by atoms with E-state index in [1.165, 1.54) is 44.3 Å². The number of aromatic nitrogens is 2. The maximum absolute atomic E-state index is 12.9. The van der Waals surface area contributed by atoms with Gasteiger partial charge in [0.25, 0.3) is 0 Å². The van der Waals surface area contributed by atoms with Crippen molar-refractivity contribution in [1.82, 2.24) is 25.3 Å². The van der Waals surface area contributed by atoms with Gasteiger partial charge in [-0.1, -0.05) is 66.0 Å².